The Morgan fingerprint density at radius 2 is 1.83 bits per heavy atom. The molecular formula is C28H22ClNO5S. The standard InChI is InChI=1S/C28H22ClNO5S/c1-36(32,33)35-26(17-27-23-7-2-3-8-24(23)28(31)34-27)20-6-4-5-18(15-20)9-13-22-14-11-19-10-12-21(29)16-25(19)30-22/h2-16,26-27H,17H2,1H3/b13-9+/t26-,27-/m0/s1. The summed E-state index contributed by atoms with van der Waals surface area (Å²) in [4.78, 5) is 16.9. The van der Waals surface area contributed by atoms with Crippen LogP contribution in [0.15, 0.2) is 78.9 Å². The SMILES string of the molecule is CS(=O)(=O)O[C@@H](C[C@@H]1OC(=O)c2ccccc21)c1cccc(/C=C/c2ccc3ccc(Cl)cc3n2)c1. The number of rotatable bonds is 7. The monoisotopic (exact) mass is 519 g/mol. The number of benzene rings is 3. The Labute approximate surface area is 214 Å². The number of esters is 1. The zero-order valence-corrected chi connectivity index (χ0v) is 20.9. The third-order valence-electron chi connectivity index (χ3n) is 5.90. The van der Waals surface area contributed by atoms with Crippen LogP contribution in [0, 0.1) is 0 Å². The lowest BCUT2D eigenvalue weighted by molar-refractivity contribution is 0.0273. The number of cyclic esters (lactones) is 1. The van der Waals surface area contributed by atoms with Crippen molar-refractivity contribution in [1.82, 2.24) is 4.98 Å². The van der Waals surface area contributed by atoms with E-state index in [0.29, 0.717) is 16.1 Å². The molecule has 0 fully saturated rings. The van der Waals surface area contributed by atoms with Crippen molar-refractivity contribution in [1.29, 1.82) is 0 Å². The number of halogens is 1. The van der Waals surface area contributed by atoms with Gasteiger partial charge in [-0.15, -0.1) is 0 Å². The van der Waals surface area contributed by atoms with E-state index in [1.54, 1.807) is 18.2 Å². The molecule has 4 aromatic rings. The van der Waals surface area contributed by atoms with Crippen molar-refractivity contribution >= 4 is 50.7 Å². The summed E-state index contributed by atoms with van der Waals surface area (Å²) in [5.41, 5.74) is 4.26. The Hall–Kier alpha value is -3.52. The third-order valence-corrected chi connectivity index (χ3v) is 6.72. The first-order chi connectivity index (χ1) is 17.2. The van der Waals surface area contributed by atoms with Gasteiger partial charge in [0.2, 0.25) is 0 Å². The second-order valence-corrected chi connectivity index (χ2v) is 10.6. The second kappa shape index (κ2) is 9.85. The Morgan fingerprint density at radius 3 is 2.67 bits per heavy atom. The Bertz CT molecular complexity index is 1600. The molecule has 2 atom stereocenters. The number of fused-ring (bicyclic) bond motifs is 2. The van der Waals surface area contributed by atoms with Crippen molar-refractivity contribution in [3.63, 3.8) is 0 Å². The molecule has 182 valence electrons. The minimum absolute atomic E-state index is 0.163. The third kappa shape index (κ3) is 5.49. The summed E-state index contributed by atoms with van der Waals surface area (Å²) in [6.45, 7) is 0. The van der Waals surface area contributed by atoms with E-state index in [4.69, 9.17) is 20.5 Å². The van der Waals surface area contributed by atoms with Crippen LogP contribution in [0.5, 0.6) is 0 Å². The van der Waals surface area contributed by atoms with Crippen molar-refractivity contribution in [2.24, 2.45) is 0 Å². The Kier molecular flexibility index (Phi) is 6.62. The van der Waals surface area contributed by atoms with Crippen LogP contribution in [0.3, 0.4) is 0 Å². The molecule has 2 heterocycles. The molecule has 5 rings (SSSR count). The molecule has 36 heavy (non-hydrogen) atoms. The van der Waals surface area contributed by atoms with E-state index in [-0.39, 0.29) is 6.42 Å². The van der Waals surface area contributed by atoms with Gasteiger partial charge in [-0.05, 0) is 47.5 Å². The molecule has 0 saturated heterocycles. The number of aromatic nitrogens is 1. The van der Waals surface area contributed by atoms with Crippen LogP contribution < -0.4 is 0 Å². The van der Waals surface area contributed by atoms with Gasteiger partial charge in [-0.25, -0.2) is 9.78 Å². The van der Waals surface area contributed by atoms with E-state index in [1.807, 2.05) is 72.8 Å². The van der Waals surface area contributed by atoms with Crippen LogP contribution in [0.2, 0.25) is 5.02 Å². The van der Waals surface area contributed by atoms with Gasteiger partial charge in [-0.1, -0.05) is 66.2 Å². The van der Waals surface area contributed by atoms with Gasteiger partial charge in [-0.2, -0.15) is 8.42 Å². The van der Waals surface area contributed by atoms with Gasteiger partial charge in [0.25, 0.3) is 10.1 Å². The average Bonchev–Trinajstić information content (AvgIpc) is 3.16. The van der Waals surface area contributed by atoms with Crippen molar-refractivity contribution < 1.29 is 22.1 Å². The van der Waals surface area contributed by atoms with Crippen LogP contribution in [-0.4, -0.2) is 25.6 Å². The van der Waals surface area contributed by atoms with Gasteiger partial charge in [-0.3, -0.25) is 4.18 Å². The first kappa shape index (κ1) is 24.2. The number of pyridine rings is 1. The molecule has 0 bridgehead atoms. The zero-order valence-electron chi connectivity index (χ0n) is 19.3. The maximum atomic E-state index is 12.2. The lowest BCUT2D eigenvalue weighted by atomic mass is 9.96. The molecule has 0 N–H and O–H groups in total. The molecule has 1 aliphatic heterocycles. The Balaban J connectivity index is 1.42. The highest BCUT2D eigenvalue weighted by atomic mass is 35.5. The molecule has 0 unspecified atom stereocenters. The lowest BCUT2D eigenvalue weighted by Gasteiger charge is -2.21. The predicted molar refractivity (Wildman–Crippen MR) is 140 cm³/mol. The van der Waals surface area contributed by atoms with Crippen molar-refractivity contribution in [2.75, 3.05) is 6.26 Å². The number of nitrogens with zero attached hydrogens (tertiary/aromatic N) is 1. The van der Waals surface area contributed by atoms with Crippen LogP contribution >= 0.6 is 11.6 Å². The molecule has 0 aliphatic carbocycles. The van der Waals surface area contributed by atoms with Crippen molar-refractivity contribution in [3.05, 3.63) is 112 Å². The topological polar surface area (TPSA) is 82.6 Å². The summed E-state index contributed by atoms with van der Waals surface area (Å²) >= 11 is 6.09. The molecule has 0 amide bonds. The highest BCUT2D eigenvalue weighted by Gasteiger charge is 2.34. The second-order valence-electron chi connectivity index (χ2n) is 8.58. The first-order valence-corrected chi connectivity index (χ1v) is 13.5. The minimum atomic E-state index is -3.78. The number of hydrogen-bond acceptors (Lipinski definition) is 6. The van der Waals surface area contributed by atoms with Crippen molar-refractivity contribution in [2.45, 2.75) is 18.6 Å². The summed E-state index contributed by atoms with van der Waals surface area (Å²) in [6.07, 6.45) is 3.50. The van der Waals surface area contributed by atoms with Crippen molar-refractivity contribution in [3.8, 4) is 0 Å². The van der Waals surface area contributed by atoms with Gasteiger partial charge >= 0.3 is 5.97 Å². The van der Waals surface area contributed by atoms with Crippen LogP contribution in [-0.2, 0) is 19.0 Å². The van der Waals surface area contributed by atoms with Crippen LogP contribution in [0.4, 0.5) is 0 Å². The predicted octanol–water partition coefficient (Wildman–Crippen LogP) is 6.38. The fourth-order valence-electron chi connectivity index (χ4n) is 4.27. The van der Waals surface area contributed by atoms with Gasteiger partial charge in [0.15, 0.2) is 0 Å². The lowest BCUT2D eigenvalue weighted by Crippen LogP contribution is -2.14. The van der Waals surface area contributed by atoms with E-state index < -0.39 is 28.3 Å². The largest absolute Gasteiger partial charge is 0.454 e. The molecule has 0 radical (unpaired) electrons. The van der Waals surface area contributed by atoms with E-state index in [9.17, 15) is 13.2 Å². The normalized spacial score (nSPS) is 16.3. The molecule has 3 aromatic carbocycles. The van der Waals surface area contributed by atoms with E-state index >= 15 is 0 Å². The van der Waals surface area contributed by atoms with Gasteiger partial charge in [0.05, 0.1) is 23.0 Å². The van der Waals surface area contributed by atoms with Gasteiger partial charge in [0, 0.05) is 22.4 Å². The molecule has 0 saturated carbocycles. The summed E-state index contributed by atoms with van der Waals surface area (Å²) in [7, 11) is -3.78. The van der Waals surface area contributed by atoms with E-state index in [0.717, 1.165) is 34.0 Å². The molecular weight excluding hydrogens is 498 g/mol. The van der Waals surface area contributed by atoms with Crippen LogP contribution in [0.1, 0.15) is 51.4 Å². The molecule has 0 spiro atoms. The molecule has 1 aliphatic rings. The minimum Gasteiger partial charge on any atom is -0.454 e. The molecule has 6 nitrogen and oxygen atoms in total. The fraction of sp³-hybridized carbons (Fsp3) is 0.143. The summed E-state index contributed by atoms with van der Waals surface area (Å²) < 4.78 is 35.1. The number of carbonyl (C=O) groups excluding carboxylic acids is 1. The highest BCUT2D eigenvalue weighted by Crippen LogP contribution is 2.39. The summed E-state index contributed by atoms with van der Waals surface area (Å²) in [6, 6.07) is 23.9. The Morgan fingerprint density at radius 1 is 1.03 bits per heavy atom. The first-order valence-electron chi connectivity index (χ1n) is 11.3. The van der Waals surface area contributed by atoms with E-state index in [1.165, 1.54) is 0 Å². The van der Waals surface area contributed by atoms with E-state index in [2.05, 4.69) is 4.98 Å². The average molecular weight is 520 g/mol. The number of ether oxygens (including phenoxy) is 1. The fourth-order valence-corrected chi connectivity index (χ4v) is 5.05. The smallest absolute Gasteiger partial charge is 0.339 e. The quantitative estimate of drug-likeness (QED) is 0.208. The number of hydrogen-bond donors (Lipinski definition) is 0. The van der Waals surface area contributed by atoms with Crippen LogP contribution in [0.25, 0.3) is 23.1 Å². The summed E-state index contributed by atoms with van der Waals surface area (Å²) in [5, 5.41) is 1.62. The maximum absolute atomic E-state index is 12.2. The molecule has 1 aromatic heterocycles. The maximum Gasteiger partial charge on any atom is 0.339 e. The zero-order chi connectivity index (χ0) is 25.3. The van der Waals surface area contributed by atoms with Gasteiger partial charge in [0.1, 0.15) is 12.2 Å². The summed E-state index contributed by atoms with van der Waals surface area (Å²) in [5.74, 6) is -0.422. The molecule has 8 heteroatoms. The highest BCUT2D eigenvalue weighted by molar-refractivity contribution is 7.86. The number of carbonyl (C=O) groups is 1. The van der Waals surface area contributed by atoms with Gasteiger partial charge < -0.3 is 4.74 Å².